The number of nitrogens with one attached hydrogen (secondary N) is 1. The molecule has 2 atom stereocenters. The Morgan fingerprint density at radius 2 is 2.10 bits per heavy atom. The summed E-state index contributed by atoms with van der Waals surface area (Å²) in [5.74, 6) is 5.12. The van der Waals surface area contributed by atoms with Crippen molar-refractivity contribution in [2.45, 2.75) is 19.4 Å². The molecular weight excluding hydrogens is 132 g/mol. The Morgan fingerprint density at radius 1 is 1.60 bits per heavy atom. The van der Waals surface area contributed by atoms with E-state index >= 15 is 0 Å². The molecule has 0 radical (unpaired) electrons. The minimum absolute atomic E-state index is 0.0151. The summed E-state index contributed by atoms with van der Waals surface area (Å²) in [6.45, 7) is 3.51. The molecule has 4 heteroatoms. The van der Waals surface area contributed by atoms with Crippen LogP contribution in [0.1, 0.15) is 13.8 Å². The lowest BCUT2D eigenvalue weighted by Gasteiger charge is -2.31. The van der Waals surface area contributed by atoms with E-state index in [-0.39, 0.29) is 19.1 Å². The molecule has 0 saturated heterocycles. The van der Waals surface area contributed by atoms with Crippen LogP contribution in [0.2, 0.25) is 0 Å². The van der Waals surface area contributed by atoms with Gasteiger partial charge in [-0.1, -0.05) is 6.92 Å². The largest absolute Gasteiger partial charge is 0.396 e. The molecule has 0 aromatic rings. The lowest BCUT2D eigenvalue weighted by Crippen LogP contribution is -2.55. The fourth-order valence-corrected chi connectivity index (χ4v) is 0.545. The number of hydrazine groups is 1. The predicted molar refractivity (Wildman–Crippen MR) is 39.1 cm³/mol. The molecule has 62 valence electrons. The molecule has 0 saturated carbocycles. The number of aliphatic hydroxyl groups is 2. The minimum atomic E-state index is -0.575. The van der Waals surface area contributed by atoms with E-state index in [2.05, 4.69) is 5.43 Å². The first-order valence-electron chi connectivity index (χ1n) is 3.30. The maximum Gasteiger partial charge on any atom is 0.0627 e. The summed E-state index contributed by atoms with van der Waals surface area (Å²) in [5, 5.41) is 17.6. The highest BCUT2D eigenvalue weighted by atomic mass is 16.3. The molecule has 0 aliphatic carbocycles. The first-order chi connectivity index (χ1) is 4.60. The molecule has 0 bridgehead atoms. The van der Waals surface area contributed by atoms with Crippen molar-refractivity contribution in [3.05, 3.63) is 0 Å². The Kier molecular flexibility index (Phi) is 3.81. The van der Waals surface area contributed by atoms with Gasteiger partial charge in [-0.25, -0.2) is 0 Å². The van der Waals surface area contributed by atoms with E-state index < -0.39 is 5.54 Å². The van der Waals surface area contributed by atoms with Crippen LogP contribution in [-0.4, -0.2) is 29.0 Å². The number of hydrogen-bond donors (Lipinski definition) is 4. The molecule has 0 rings (SSSR count). The molecule has 0 heterocycles. The minimum Gasteiger partial charge on any atom is -0.396 e. The maximum absolute atomic E-state index is 8.83. The second-order valence-corrected chi connectivity index (χ2v) is 2.80. The van der Waals surface area contributed by atoms with E-state index in [0.717, 1.165) is 0 Å². The highest BCUT2D eigenvalue weighted by molar-refractivity contribution is 4.84. The third kappa shape index (κ3) is 1.91. The smallest absolute Gasteiger partial charge is 0.0627 e. The van der Waals surface area contributed by atoms with Crippen molar-refractivity contribution in [2.24, 2.45) is 11.8 Å². The monoisotopic (exact) mass is 148 g/mol. The van der Waals surface area contributed by atoms with Crippen molar-refractivity contribution in [1.29, 1.82) is 0 Å². The van der Waals surface area contributed by atoms with Crippen LogP contribution in [0.3, 0.4) is 0 Å². The van der Waals surface area contributed by atoms with Gasteiger partial charge in [0, 0.05) is 12.5 Å². The van der Waals surface area contributed by atoms with Crippen LogP contribution < -0.4 is 11.3 Å². The van der Waals surface area contributed by atoms with Gasteiger partial charge in [0.15, 0.2) is 0 Å². The summed E-state index contributed by atoms with van der Waals surface area (Å²) in [5.41, 5.74) is 1.89. The van der Waals surface area contributed by atoms with Gasteiger partial charge in [0.2, 0.25) is 0 Å². The zero-order valence-corrected chi connectivity index (χ0v) is 6.46. The quantitative estimate of drug-likeness (QED) is 0.299. The van der Waals surface area contributed by atoms with Crippen LogP contribution in [0.15, 0.2) is 0 Å². The Labute approximate surface area is 61.0 Å². The average Bonchev–Trinajstić information content (AvgIpc) is 2.01. The van der Waals surface area contributed by atoms with E-state index in [1.54, 1.807) is 6.92 Å². The molecule has 0 spiro atoms. The van der Waals surface area contributed by atoms with E-state index in [1.807, 2.05) is 6.92 Å². The molecule has 0 aromatic heterocycles. The fraction of sp³-hybridized carbons (Fsp3) is 1.00. The lowest BCUT2D eigenvalue weighted by molar-refractivity contribution is 0.0870. The van der Waals surface area contributed by atoms with E-state index in [1.165, 1.54) is 0 Å². The molecule has 5 N–H and O–H groups in total. The van der Waals surface area contributed by atoms with Crippen LogP contribution in [0.5, 0.6) is 0 Å². The third-order valence-electron chi connectivity index (χ3n) is 2.02. The van der Waals surface area contributed by atoms with Crippen molar-refractivity contribution in [3.63, 3.8) is 0 Å². The van der Waals surface area contributed by atoms with Crippen LogP contribution >= 0.6 is 0 Å². The second-order valence-electron chi connectivity index (χ2n) is 2.80. The molecule has 0 amide bonds. The molecule has 0 fully saturated rings. The molecule has 0 aliphatic heterocycles. The maximum atomic E-state index is 8.83. The normalized spacial score (nSPS) is 20.1. The average molecular weight is 148 g/mol. The molecule has 10 heavy (non-hydrogen) atoms. The summed E-state index contributed by atoms with van der Waals surface area (Å²) in [7, 11) is 0. The third-order valence-corrected chi connectivity index (χ3v) is 2.02. The zero-order chi connectivity index (χ0) is 8.20. The standard InChI is InChI=1S/C6H16N2O2/c1-5(3-9)6(2,4-10)8-7/h5,8-10H,3-4,7H2,1-2H3. The number of aliphatic hydroxyl groups excluding tert-OH is 2. The summed E-state index contributed by atoms with van der Waals surface area (Å²) < 4.78 is 0. The van der Waals surface area contributed by atoms with Crippen LogP contribution in [0.25, 0.3) is 0 Å². The highest BCUT2D eigenvalue weighted by Crippen LogP contribution is 2.13. The van der Waals surface area contributed by atoms with Gasteiger partial charge in [-0.2, -0.15) is 0 Å². The number of nitrogens with two attached hydrogens (primary N) is 1. The molecule has 4 nitrogen and oxygen atoms in total. The Bertz CT molecular complexity index is 93.7. The SMILES string of the molecule is CC(CO)C(C)(CO)NN. The van der Waals surface area contributed by atoms with Crippen LogP contribution in [-0.2, 0) is 0 Å². The number of rotatable bonds is 4. The van der Waals surface area contributed by atoms with E-state index in [0.29, 0.717) is 0 Å². The van der Waals surface area contributed by atoms with Gasteiger partial charge in [-0.15, -0.1) is 0 Å². The molecule has 2 unspecified atom stereocenters. The number of hydrogen-bond acceptors (Lipinski definition) is 4. The van der Waals surface area contributed by atoms with Gasteiger partial charge in [0.25, 0.3) is 0 Å². The fourth-order valence-electron chi connectivity index (χ4n) is 0.545. The summed E-state index contributed by atoms with van der Waals surface area (Å²) in [6.07, 6.45) is 0. The van der Waals surface area contributed by atoms with Crippen molar-refractivity contribution in [1.82, 2.24) is 5.43 Å². The Hall–Kier alpha value is -0.160. The zero-order valence-electron chi connectivity index (χ0n) is 6.46. The first-order valence-corrected chi connectivity index (χ1v) is 3.30. The van der Waals surface area contributed by atoms with Gasteiger partial charge in [0.1, 0.15) is 0 Å². The summed E-state index contributed by atoms with van der Waals surface area (Å²) in [4.78, 5) is 0. The predicted octanol–water partition coefficient (Wildman–Crippen LogP) is -1.17. The van der Waals surface area contributed by atoms with Crippen molar-refractivity contribution < 1.29 is 10.2 Å². The Balaban J connectivity index is 4.02. The van der Waals surface area contributed by atoms with Gasteiger partial charge in [0.05, 0.1) is 12.1 Å². The van der Waals surface area contributed by atoms with Gasteiger partial charge < -0.3 is 10.2 Å². The van der Waals surface area contributed by atoms with Gasteiger partial charge in [-0.3, -0.25) is 11.3 Å². The lowest BCUT2D eigenvalue weighted by atomic mass is 9.89. The summed E-state index contributed by atoms with van der Waals surface area (Å²) >= 11 is 0. The second kappa shape index (κ2) is 3.88. The highest BCUT2D eigenvalue weighted by Gasteiger charge is 2.28. The molecular formula is C6H16N2O2. The Morgan fingerprint density at radius 3 is 2.20 bits per heavy atom. The van der Waals surface area contributed by atoms with Gasteiger partial charge >= 0.3 is 0 Å². The molecule has 0 aromatic carbocycles. The van der Waals surface area contributed by atoms with Crippen LogP contribution in [0, 0.1) is 5.92 Å². The van der Waals surface area contributed by atoms with Gasteiger partial charge in [-0.05, 0) is 6.92 Å². The van der Waals surface area contributed by atoms with Crippen molar-refractivity contribution >= 4 is 0 Å². The van der Waals surface area contributed by atoms with Crippen LogP contribution in [0.4, 0.5) is 0 Å². The first kappa shape index (κ1) is 9.84. The molecule has 0 aliphatic rings. The van der Waals surface area contributed by atoms with E-state index in [9.17, 15) is 0 Å². The summed E-state index contributed by atoms with van der Waals surface area (Å²) in [6, 6.07) is 0. The van der Waals surface area contributed by atoms with E-state index in [4.69, 9.17) is 16.1 Å². The van der Waals surface area contributed by atoms with Crippen molar-refractivity contribution in [3.8, 4) is 0 Å². The topological polar surface area (TPSA) is 78.5 Å². The van der Waals surface area contributed by atoms with Crippen molar-refractivity contribution in [2.75, 3.05) is 13.2 Å².